The van der Waals surface area contributed by atoms with Crippen LogP contribution in [0.4, 0.5) is 0 Å². The second kappa shape index (κ2) is 23.4. The van der Waals surface area contributed by atoms with Gasteiger partial charge in [0.1, 0.15) is 0 Å². The van der Waals surface area contributed by atoms with Gasteiger partial charge in [0.25, 0.3) is 0 Å². The van der Waals surface area contributed by atoms with Crippen LogP contribution in [0.3, 0.4) is 0 Å². The van der Waals surface area contributed by atoms with Gasteiger partial charge < -0.3 is 41.1 Å². The van der Waals surface area contributed by atoms with Crippen LogP contribution in [0.15, 0.2) is 0 Å². The Bertz CT molecular complexity index is 81.9. The maximum absolute atomic E-state index is 8.25. The average molecular weight is 255 g/mol. The molecule has 0 spiro atoms. The summed E-state index contributed by atoms with van der Waals surface area (Å²) < 4.78 is 0. The molecule has 0 aliphatic rings. The van der Waals surface area contributed by atoms with E-state index in [9.17, 15) is 0 Å². The van der Waals surface area contributed by atoms with E-state index in [0.717, 1.165) is 0 Å². The van der Waals surface area contributed by atoms with Crippen molar-refractivity contribution in [1.82, 2.24) is 0 Å². The van der Waals surface area contributed by atoms with Gasteiger partial charge in [0, 0.05) is 0 Å². The predicted octanol–water partition coefficient (Wildman–Crippen LogP) is -0.159. The van der Waals surface area contributed by atoms with E-state index in [0.29, 0.717) is 0 Å². The fraction of sp³-hybridized carbons (Fsp3) is 0. The van der Waals surface area contributed by atoms with Gasteiger partial charge in [-0.2, -0.15) is 0 Å². The van der Waals surface area contributed by atoms with Crippen LogP contribution in [0.5, 0.6) is 0 Å². The Balaban J connectivity index is -0.0000000339. The number of rotatable bonds is 0. The van der Waals surface area contributed by atoms with Gasteiger partial charge in [-0.05, 0) is 0 Å². The van der Waals surface area contributed by atoms with Crippen LogP contribution in [-0.2, 0) is 19.5 Å². The first-order valence-electron chi connectivity index (χ1n) is 1.28. The van der Waals surface area contributed by atoms with Gasteiger partial charge in [-0.15, -0.1) is 0 Å². The van der Waals surface area contributed by atoms with Gasteiger partial charge in [0.15, 0.2) is 0 Å². The first-order chi connectivity index (χ1) is 4.46. The molecule has 0 aliphatic carbocycles. The third-order valence-electron chi connectivity index (χ3n) is 0. The molecule has 0 aromatic heterocycles. The van der Waals surface area contributed by atoms with Gasteiger partial charge >= 0.3 is 19.5 Å². The predicted molar refractivity (Wildman–Crippen MR) is 27.4 cm³/mol. The molecule has 0 bridgehead atoms. The first kappa shape index (κ1) is 22.6. The third kappa shape index (κ3) is 200. The van der Waals surface area contributed by atoms with E-state index in [1.807, 2.05) is 0 Å². The molecule has 0 N–H and O–H groups in total. The molecule has 65 valence electrons. The Morgan fingerprint density at radius 3 is 0.818 bits per heavy atom. The zero-order valence-electron chi connectivity index (χ0n) is 4.55. The molecule has 0 aromatic carbocycles. The Labute approximate surface area is 71.6 Å². The van der Waals surface area contributed by atoms with Crippen LogP contribution < -0.4 is 0 Å². The summed E-state index contributed by atoms with van der Waals surface area (Å²) in [6.07, 6.45) is 0. The van der Waals surface area contributed by atoms with Gasteiger partial charge in [0.2, 0.25) is 0 Å². The molecule has 10 nitrogen and oxygen atoms in total. The monoisotopic (exact) mass is 256 g/mol. The van der Waals surface area contributed by atoms with E-state index in [1.165, 1.54) is 0 Å². The summed E-state index contributed by atoms with van der Waals surface area (Å²) in [5, 5.41) is 29.5. The molecular formula is N3O7Ru. The van der Waals surface area contributed by atoms with E-state index in [4.69, 9.17) is 41.1 Å². The zero-order valence-corrected chi connectivity index (χ0v) is 6.29. The topological polar surface area (TPSA) is 172 Å². The molecule has 0 rings (SSSR count). The van der Waals surface area contributed by atoms with Crippen molar-refractivity contribution in [2.24, 2.45) is 0 Å². The molecule has 0 amide bonds. The van der Waals surface area contributed by atoms with E-state index >= 15 is 0 Å². The molecule has 0 heterocycles. The third-order valence-corrected chi connectivity index (χ3v) is 0. The number of hydrogen-bond acceptors (Lipinski definition) is 7. The zero-order chi connectivity index (χ0) is 9.15. The molecule has 1 radical (unpaired) electrons. The molecule has 11 heteroatoms. The first-order valence-corrected chi connectivity index (χ1v) is 1.28. The largest absolute Gasteiger partial charge is 3.00 e. The molecule has 0 fully saturated rings. The maximum Gasteiger partial charge on any atom is 3.00 e. The van der Waals surface area contributed by atoms with Crippen molar-refractivity contribution in [3.05, 3.63) is 41.1 Å². The fourth-order valence-electron chi connectivity index (χ4n) is 0. The second-order valence-electron chi connectivity index (χ2n) is 0.447. The SMILES string of the molecule is O=[N+]([O-])[O-].O=[N+]([O-])[O-].[N-]=O.[Ru+3]. The molecule has 0 unspecified atom stereocenters. The Hall–Kier alpha value is -1.38. The molecular weight excluding hydrogens is 255 g/mol. The van der Waals surface area contributed by atoms with Crippen molar-refractivity contribution < 1.29 is 29.7 Å². The minimum atomic E-state index is -1.75. The maximum atomic E-state index is 8.25. The summed E-state index contributed by atoms with van der Waals surface area (Å²) in [5.41, 5.74) is 5.75. The molecule has 0 saturated carbocycles. The summed E-state index contributed by atoms with van der Waals surface area (Å²) in [6.45, 7) is 0. The number of hydrogen-bond donors (Lipinski definition) is 0. The van der Waals surface area contributed by atoms with Crippen molar-refractivity contribution in [1.29, 1.82) is 0 Å². The van der Waals surface area contributed by atoms with Crippen LogP contribution in [0.2, 0.25) is 0 Å². The molecule has 0 aromatic rings. The van der Waals surface area contributed by atoms with Crippen molar-refractivity contribution >= 4 is 0 Å². The smallest absolute Gasteiger partial charge is 0.577 e. The minimum absolute atomic E-state index is 0. The number of nitroso groups, excluding NO2 is 1. The molecule has 11 heavy (non-hydrogen) atoms. The summed E-state index contributed by atoms with van der Waals surface area (Å²) in [4.78, 5) is 23.8. The van der Waals surface area contributed by atoms with E-state index in [-0.39, 0.29) is 19.5 Å². The Kier molecular flexibility index (Phi) is 48.2. The molecule has 0 aliphatic heterocycles. The van der Waals surface area contributed by atoms with E-state index in [1.54, 1.807) is 0 Å². The van der Waals surface area contributed by atoms with Crippen molar-refractivity contribution in [3.63, 3.8) is 0 Å². The van der Waals surface area contributed by atoms with Crippen LogP contribution >= 0.6 is 0 Å². The quantitative estimate of drug-likeness (QED) is 0.328. The van der Waals surface area contributed by atoms with E-state index < -0.39 is 10.2 Å². The normalized spacial score (nSPS) is 4.73. The van der Waals surface area contributed by atoms with Gasteiger partial charge in [-0.3, -0.25) is 0 Å². The van der Waals surface area contributed by atoms with Crippen LogP contribution in [0, 0.1) is 35.6 Å². The summed E-state index contributed by atoms with van der Waals surface area (Å²) >= 11 is 0. The molecule has 0 saturated heterocycles. The average Bonchev–Trinajstić information content (AvgIpc) is 1.66. The summed E-state index contributed by atoms with van der Waals surface area (Å²) in [7, 11) is 0. The van der Waals surface area contributed by atoms with Crippen molar-refractivity contribution in [2.75, 3.05) is 0 Å². The van der Waals surface area contributed by atoms with Crippen LogP contribution in [0.25, 0.3) is 5.59 Å². The van der Waals surface area contributed by atoms with Gasteiger partial charge in [0.05, 0.1) is 10.2 Å². The van der Waals surface area contributed by atoms with Crippen LogP contribution in [0.1, 0.15) is 0 Å². The number of nitrogens with zero attached hydrogens (tertiary/aromatic N) is 3. The van der Waals surface area contributed by atoms with E-state index in [2.05, 4.69) is 0 Å². The summed E-state index contributed by atoms with van der Waals surface area (Å²) in [6, 6.07) is 0. The van der Waals surface area contributed by atoms with Gasteiger partial charge in [-0.25, -0.2) is 0 Å². The van der Waals surface area contributed by atoms with Gasteiger partial charge in [-0.1, -0.05) is 0 Å². The Morgan fingerprint density at radius 1 is 0.818 bits per heavy atom. The van der Waals surface area contributed by atoms with Crippen molar-refractivity contribution in [2.45, 2.75) is 0 Å². The standard InChI is InChI=1S/2NO3.NO.Ru/c2*2-1(3)4;1-2;/q3*-1;+3. The fourth-order valence-corrected chi connectivity index (χ4v) is 0. The molecule has 0 atom stereocenters. The second-order valence-corrected chi connectivity index (χ2v) is 0.447. The van der Waals surface area contributed by atoms with Crippen molar-refractivity contribution in [3.8, 4) is 0 Å². The Morgan fingerprint density at radius 2 is 0.818 bits per heavy atom. The van der Waals surface area contributed by atoms with Crippen LogP contribution in [-0.4, -0.2) is 10.2 Å². The summed E-state index contributed by atoms with van der Waals surface area (Å²) in [5.74, 6) is 0. The minimum Gasteiger partial charge on any atom is -0.577 e.